The van der Waals surface area contributed by atoms with Crippen molar-refractivity contribution in [1.82, 2.24) is 0 Å². The molecule has 0 aliphatic rings. The van der Waals surface area contributed by atoms with Crippen LogP contribution in [0.1, 0.15) is 23.7 Å². The van der Waals surface area contributed by atoms with Crippen LogP contribution in [0.5, 0.6) is 5.95 Å². The number of nitrogens with zero attached hydrogens (tertiary/aromatic N) is 1. The number of hydrogen-bond acceptors (Lipinski definition) is 4. The van der Waals surface area contributed by atoms with E-state index in [0.717, 1.165) is 6.42 Å². The minimum atomic E-state index is -0.301. The number of benzene rings is 1. The Balaban J connectivity index is 2.05. The maximum atomic E-state index is 10.8. The van der Waals surface area contributed by atoms with E-state index in [1.54, 1.807) is 12.1 Å². The smallest absolute Gasteiger partial charge is 0.284 e. The third-order valence-corrected chi connectivity index (χ3v) is 3.20. The topological polar surface area (TPSA) is 65.5 Å². The summed E-state index contributed by atoms with van der Waals surface area (Å²) in [4.78, 5) is 10.5. The van der Waals surface area contributed by atoms with Gasteiger partial charge in [0.1, 0.15) is 5.76 Å². The fourth-order valence-corrected chi connectivity index (χ4v) is 2.15. The van der Waals surface area contributed by atoms with Crippen LogP contribution < -0.4 is 4.74 Å². The van der Waals surface area contributed by atoms with Gasteiger partial charge in [0.05, 0.1) is 13.0 Å². The molecule has 1 atom stereocenters. The first-order chi connectivity index (χ1) is 9.69. The molecule has 2 aromatic rings. The second kappa shape index (κ2) is 6.75. The SMILES string of the molecule is COc1ccc([C@@H](CCc2ccccc2)C[N+](=O)[O-])o1. The maximum Gasteiger partial charge on any atom is 0.284 e. The van der Waals surface area contributed by atoms with Crippen molar-refractivity contribution in [3.05, 3.63) is 63.9 Å². The van der Waals surface area contributed by atoms with Crippen LogP contribution in [0.4, 0.5) is 0 Å². The molecule has 5 nitrogen and oxygen atoms in total. The lowest BCUT2D eigenvalue weighted by atomic mass is 9.97. The van der Waals surface area contributed by atoms with Gasteiger partial charge in [0.15, 0.2) is 0 Å². The van der Waals surface area contributed by atoms with Crippen LogP contribution in [0.3, 0.4) is 0 Å². The van der Waals surface area contributed by atoms with Gasteiger partial charge >= 0.3 is 0 Å². The van der Waals surface area contributed by atoms with E-state index in [2.05, 4.69) is 0 Å². The zero-order valence-corrected chi connectivity index (χ0v) is 11.3. The number of hydrogen-bond donors (Lipinski definition) is 0. The highest BCUT2D eigenvalue weighted by Gasteiger charge is 2.21. The molecule has 0 spiro atoms. The summed E-state index contributed by atoms with van der Waals surface area (Å²) in [5.74, 6) is 0.747. The Hall–Kier alpha value is -2.30. The lowest BCUT2D eigenvalue weighted by Crippen LogP contribution is -2.13. The fourth-order valence-electron chi connectivity index (χ4n) is 2.15. The third-order valence-electron chi connectivity index (χ3n) is 3.20. The van der Waals surface area contributed by atoms with E-state index in [1.165, 1.54) is 12.7 Å². The lowest BCUT2D eigenvalue weighted by molar-refractivity contribution is -0.484. The minimum Gasteiger partial charge on any atom is -0.468 e. The third kappa shape index (κ3) is 3.85. The number of aryl methyl sites for hydroxylation is 1. The number of nitro groups is 1. The first-order valence-electron chi connectivity index (χ1n) is 6.48. The van der Waals surface area contributed by atoms with Gasteiger partial charge < -0.3 is 9.15 Å². The molecule has 0 aliphatic heterocycles. The predicted molar refractivity (Wildman–Crippen MR) is 74.6 cm³/mol. The van der Waals surface area contributed by atoms with Crippen molar-refractivity contribution in [2.75, 3.05) is 13.7 Å². The van der Waals surface area contributed by atoms with Crippen LogP contribution in [0.2, 0.25) is 0 Å². The van der Waals surface area contributed by atoms with E-state index in [9.17, 15) is 10.1 Å². The van der Waals surface area contributed by atoms with Crippen molar-refractivity contribution in [3.8, 4) is 5.95 Å². The monoisotopic (exact) mass is 275 g/mol. The molecule has 1 aromatic heterocycles. The van der Waals surface area contributed by atoms with Gasteiger partial charge in [0, 0.05) is 11.0 Å². The molecule has 0 bridgehead atoms. The first kappa shape index (κ1) is 14.1. The Morgan fingerprint density at radius 2 is 2.00 bits per heavy atom. The Morgan fingerprint density at radius 3 is 2.60 bits per heavy atom. The summed E-state index contributed by atoms with van der Waals surface area (Å²) < 4.78 is 10.4. The average molecular weight is 275 g/mol. The Labute approximate surface area is 117 Å². The number of ether oxygens (including phenoxy) is 1. The van der Waals surface area contributed by atoms with Crippen molar-refractivity contribution in [2.24, 2.45) is 0 Å². The van der Waals surface area contributed by atoms with E-state index < -0.39 is 0 Å². The minimum absolute atomic E-state index is 0.135. The highest BCUT2D eigenvalue weighted by atomic mass is 16.6. The fraction of sp³-hybridized carbons (Fsp3) is 0.333. The first-order valence-corrected chi connectivity index (χ1v) is 6.48. The molecule has 1 heterocycles. The molecule has 0 N–H and O–H groups in total. The molecule has 2 rings (SSSR count). The normalized spacial score (nSPS) is 12.1. The summed E-state index contributed by atoms with van der Waals surface area (Å²) in [6.07, 6.45) is 1.45. The molecule has 20 heavy (non-hydrogen) atoms. The molecule has 0 amide bonds. The Kier molecular flexibility index (Phi) is 4.76. The van der Waals surface area contributed by atoms with Crippen molar-refractivity contribution >= 4 is 0 Å². The molecule has 0 saturated heterocycles. The van der Waals surface area contributed by atoms with Gasteiger partial charge in [-0.1, -0.05) is 30.3 Å². The molecule has 0 saturated carbocycles. The van der Waals surface area contributed by atoms with Crippen molar-refractivity contribution in [2.45, 2.75) is 18.8 Å². The van der Waals surface area contributed by atoms with Gasteiger partial charge in [0.2, 0.25) is 6.54 Å². The second-order valence-corrected chi connectivity index (χ2v) is 4.60. The van der Waals surface area contributed by atoms with E-state index in [1.807, 2.05) is 30.3 Å². The van der Waals surface area contributed by atoms with Gasteiger partial charge in [-0.05, 0) is 24.5 Å². The molecule has 0 unspecified atom stereocenters. The summed E-state index contributed by atoms with van der Waals surface area (Å²) in [5.41, 5.74) is 1.17. The Bertz CT molecular complexity index is 550. The van der Waals surface area contributed by atoms with Gasteiger partial charge in [-0.15, -0.1) is 0 Å². The van der Waals surface area contributed by atoms with E-state index in [-0.39, 0.29) is 17.4 Å². The average Bonchev–Trinajstić information content (AvgIpc) is 2.93. The zero-order chi connectivity index (χ0) is 14.4. The van der Waals surface area contributed by atoms with Gasteiger partial charge in [-0.2, -0.15) is 0 Å². The van der Waals surface area contributed by atoms with Crippen molar-refractivity contribution < 1.29 is 14.1 Å². The predicted octanol–water partition coefficient (Wildman–Crippen LogP) is 3.28. The molecule has 0 fully saturated rings. The molecule has 106 valence electrons. The van der Waals surface area contributed by atoms with Crippen LogP contribution in [-0.2, 0) is 6.42 Å². The summed E-state index contributed by atoms with van der Waals surface area (Å²) in [6, 6.07) is 13.4. The van der Waals surface area contributed by atoms with Crippen molar-refractivity contribution in [3.63, 3.8) is 0 Å². The standard InChI is InChI=1S/C15H17NO4/c1-19-15-10-9-14(20-15)13(11-16(17)18)8-7-12-5-3-2-4-6-12/h2-6,9-10,13H,7-8,11H2,1H3/t13-/m0/s1. The highest BCUT2D eigenvalue weighted by Crippen LogP contribution is 2.27. The van der Waals surface area contributed by atoms with Crippen LogP contribution in [0.15, 0.2) is 46.9 Å². The number of rotatable bonds is 7. The number of furan rings is 1. The summed E-state index contributed by atoms with van der Waals surface area (Å²) in [5, 5.41) is 10.8. The molecule has 1 aromatic carbocycles. The summed E-state index contributed by atoms with van der Waals surface area (Å²) >= 11 is 0. The molecule has 0 radical (unpaired) electrons. The van der Waals surface area contributed by atoms with E-state index in [4.69, 9.17) is 9.15 Å². The van der Waals surface area contributed by atoms with E-state index >= 15 is 0 Å². The number of methoxy groups -OCH3 is 1. The van der Waals surface area contributed by atoms with E-state index in [0.29, 0.717) is 18.1 Å². The van der Waals surface area contributed by atoms with Crippen LogP contribution >= 0.6 is 0 Å². The molecule has 0 aliphatic carbocycles. The summed E-state index contributed by atoms with van der Waals surface area (Å²) in [7, 11) is 1.51. The maximum absolute atomic E-state index is 10.8. The quantitative estimate of drug-likeness (QED) is 0.574. The zero-order valence-electron chi connectivity index (χ0n) is 11.3. The van der Waals surface area contributed by atoms with Crippen LogP contribution in [0, 0.1) is 10.1 Å². The van der Waals surface area contributed by atoms with Gasteiger partial charge in [-0.3, -0.25) is 10.1 Å². The Morgan fingerprint density at radius 1 is 1.25 bits per heavy atom. The van der Waals surface area contributed by atoms with Crippen LogP contribution in [-0.4, -0.2) is 18.6 Å². The largest absolute Gasteiger partial charge is 0.468 e. The second-order valence-electron chi connectivity index (χ2n) is 4.60. The summed E-state index contributed by atoms with van der Waals surface area (Å²) in [6.45, 7) is -0.135. The molecular weight excluding hydrogens is 258 g/mol. The molecular formula is C15H17NO4. The molecule has 5 heteroatoms. The van der Waals surface area contributed by atoms with Gasteiger partial charge in [0.25, 0.3) is 5.95 Å². The lowest BCUT2D eigenvalue weighted by Gasteiger charge is -2.10. The van der Waals surface area contributed by atoms with Gasteiger partial charge in [-0.25, -0.2) is 0 Å². The highest BCUT2D eigenvalue weighted by molar-refractivity contribution is 5.18. The van der Waals surface area contributed by atoms with Crippen molar-refractivity contribution in [1.29, 1.82) is 0 Å². The van der Waals surface area contributed by atoms with Crippen LogP contribution in [0.25, 0.3) is 0 Å².